The van der Waals surface area contributed by atoms with Crippen molar-refractivity contribution in [2.24, 2.45) is 5.92 Å². The summed E-state index contributed by atoms with van der Waals surface area (Å²) in [5.74, 6) is -2.09. The molecule has 2 heterocycles. The van der Waals surface area contributed by atoms with E-state index in [0.717, 1.165) is 21.9 Å². The van der Waals surface area contributed by atoms with E-state index < -0.39 is 48.3 Å². The highest BCUT2D eigenvalue weighted by Gasteiger charge is 2.47. The van der Waals surface area contributed by atoms with Gasteiger partial charge in [-0.25, -0.2) is 18.8 Å². The van der Waals surface area contributed by atoms with Crippen molar-refractivity contribution in [3.05, 3.63) is 83.7 Å². The zero-order chi connectivity index (χ0) is 39.2. The molecule has 0 bridgehead atoms. The summed E-state index contributed by atoms with van der Waals surface area (Å²) in [4.78, 5) is 51.4. The van der Waals surface area contributed by atoms with Gasteiger partial charge in [-0.05, 0) is 79.0 Å². The lowest BCUT2D eigenvalue weighted by Crippen LogP contribution is -2.54. The summed E-state index contributed by atoms with van der Waals surface area (Å²) in [6.07, 6.45) is 0.999. The normalized spacial score (nSPS) is 21.4. The second-order valence-corrected chi connectivity index (χ2v) is 14.7. The molecule has 0 radical (unpaired) electrons. The Morgan fingerprint density at radius 2 is 1.69 bits per heavy atom. The SMILES string of the molecule is CCOC(=O)[C@H](CC(C)C)NC(=O)CCC1CC(OC(=O)NCCc2ccc(F)cc2)CC2(CCCC(COC(=O)NCc3cccc4ccccc34)O2)O1. The molecule has 0 saturated carbocycles. The summed E-state index contributed by atoms with van der Waals surface area (Å²) in [7, 11) is 0. The van der Waals surface area contributed by atoms with E-state index in [-0.39, 0.29) is 50.1 Å². The summed E-state index contributed by atoms with van der Waals surface area (Å²) in [5, 5.41) is 10.6. The van der Waals surface area contributed by atoms with Crippen LogP contribution in [0.15, 0.2) is 66.7 Å². The zero-order valence-corrected chi connectivity index (χ0v) is 32.0. The molecule has 0 aliphatic carbocycles. The van der Waals surface area contributed by atoms with Crippen LogP contribution in [-0.4, -0.2) is 74.0 Å². The second-order valence-electron chi connectivity index (χ2n) is 14.7. The molecular weight excluding hydrogens is 709 g/mol. The van der Waals surface area contributed by atoms with Gasteiger partial charge in [-0.2, -0.15) is 0 Å². The number of fused-ring (bicyclic) bond motifs is 1. The van der Waals surface area contributed by atoms with Crippen molar-refractivity contribution in [3.8, 4) is 0 Å². The summed E-state index contributed by atoms with van der Waals surface area (Å²) in [5.41, 5.74) is 1.84. The van der Waals surface area contributed by atoms with Crippen LogP contribution in [0.1, 0.15) is 83.3 Å². The lowest BCUT2D eigenvalue weighted by molar-refractivity contribution is -0.329. The van der Waals surface area contributed by atoms with Crippen molar-refractivity contribution in [1.82, 2.24) is 16.0 Å². The number of alkyl carbamates (subject to hydrolysis) is 2. The topological polar surface area (TPSA) is 151 Å². The molecule has 12 nitrogen and oxygen atoms in total. The van der Waals surface area contributed by atoms with Gasteiger partial charge in [0.2, 0.25) is 5.91 Å². The first kappa shape index (κ1) is 41.4. The predicted octanol–water partition coefficient (Wildman–Crippen LogP) is 6.86. The molecule has 298 valence electrons. The molecule has 2 aliphatic heterocycles. The Labute approximate surface area is 322 Å². The number of benzene rings is 3. The molecule has 2 aliphatic rings. The fourth-order valence-electron chi connectivity index (χ4n) is 7.24. The van der Waals surface area contributed by atoms with Crippen molar-refractivity contribution in [3.63, 3.8) is 0 Å². The molecule has 4 unspecified atom stereocenters. The predicted molar refractivity (Wildman–Crippen MR) is 203 cm³/mol. The molecule has 2 fully saturated rings. The molecule has 13 heteroatoms. The molecule has 55 heavy (non-hydrogen) atoms. The largest absolute Gasteiger partial charge is 0.464 e. The standard InChI is InChI=1S/C42H54FN3O9/c1-4-51-39(48)37(23-28(2)3)46-38(47)19-18-33-24-35(53-41(50)44-22-20-29-14-16-32(43)17-15-29)25-42(54-33)21-8-12-34(55-42)27-52-40(49)45-26-31-11-7-10-30-9-5-6-13-36(30)31/h5-7,9-11,13-17,28,33-35,37H,4,8,12,18-27H2,1-3H3,(H,44,50)(H,45,49)(H,46,47)/t33?,34?,35?,37-,42?/m0/s1. The van der Waals surface area contributed by atoms with Crippen molar-refractivity contribution in [2.45, 2.75) is 115 Å². The quantitative estimate of drug-likeness (QED) is 0.105. The Morgan fingerprint density at radius 1 is 0.927 bits per heavy atom. The van der Waals surface area contributed by atoms with E-state index >= 15 is 0 Å². The minimum Gasteiger partial charge on any atom is -0.464 e. The highest BCUT2D eigenvalue weighted by atomic mass is 19.1. The number of carbonyl (C=O) groups excluding carboxylic acids is 4. The van der Waals surface area contributed by atoms with Crippen LogP contribution in [0.25, 0.3) is 10.8 Å². The zero-order valence-electron chi connectivity index (χ0n) is 32.0. The highest BCUT2D eigenvalue weighted by molar-refractivity contribution is 5.86. The van der Waals surface area contributed by atoms with Gasteiger partial charge in [-0.15, -0.1) is 0 Å². The Hall–Kier alpha value is -4.75. The summed E-state index contributed by atoms with van der Waals surface area (Å²) >= 11 is 0. The van der Waals surface area contributed by atoms with E-state index in [9.17, 15) is 23.6 Å². The smallest absolute Gasteiger partial charge is 0.407 e. The highest BCUT2D eigenvalue weighted by Crippen LogP contribution is 2.41. The third kappa shape index (κ3) is 12.9. The van der Waals surface area contributed by atoms with Crippen molar-refractivity contribution >= 4 is 34.8 Å². The summed E-state index contributed by atoms with van der Waals surface area (Å²) < 4.78 is 43.1. The third-order valence-corrected chi connectivity index (χ3v) is 9.79. The van der Waals surface area contributed by atoms with Crippen molar-refractivity contribution < 1.29 is 47.3 Å². The Balaban J connectivity index is 1.18. The van der Waals surface area contributed by atoms with Crippen LogP contribution in [0, 0.1) is 11.7 Å². The van der Waals surface area contributed by atoms with Crippen LogP contribution in [-0.2, 0) is 46.2 Å². The van der Waals surface area contributed by atoms with Crippen LogP contribution in [0.3, 0.4) is 0 Å². The van der Waals surface area contributed by atoms with Gasteiger partial charge in [0.1, 0.15) is 24.6 Å². The van der Waals surface area contributed by atoms with Crippen molar-refractivity contribution in [2.75, 3.05) is 19.8 Å². The van der Waals surface area contributed by atoms with E-state index in [0.29, 0.717) is 51.6 Å². The monoisotopic (exact) mass is 763 g/mol. The third-order valence-electron chi connectivity index (χ3n) is 9.79. The Bertz CT molecular complexity index is 1730. The van der Waals surface area contributed by atoms with Crippen LogP contribution in [0.2, 0.25) is 0 Å². The maximum absolute atomic E-state index is 13.3. The number of hydrogen-bond donors (Lipinski definition) is 3. The Morgan fingerprint density at radius 3 is 2.47 bits per heavy atom. The van der Waals surface area contributed by atoms with Gasteiger partial charge in [0, 0.05) is 38.8 Å². The number of amides is 3. The second kappa shape index (κ2) is 20.2. The maximum Gasteiger partial charge on any atom is 0.407 e. The number of hydrogen-bond acceptors (Lipinski definition) is 9. The summed E-state index contributed by atoms with van der Waals surface area (Å²) in [6, 6.07) is 19.2. The lowest BCUT2D eigenvalue weighted by Gasteiger charge is -2.47. The fraction of sp³-hybridized carbons (Fsp3) is 0.524. The minimum atomic E-state index is -1.13. The molecule has 5 atom stereocenters. The average Bonchev–Trinajstić information content (AvgIpc) is 3.15. The molecule has 1 spiro atoms. The first-order valence-electron chi connectivity index (χ1n) is 19.4. The molecule has 5 rings (SSSR count). The van der Waals surface area contributed by atoms with E-state index in [1.165, 1.54) is 12.1 Å². The van der Waals surface area contributed by atoms with Gasteiger partial charge < -0.3 is 39.6 Å². The van der Waals surface area contributed by atoms with Gasteiger partial charge in [0.25, 0.3) is 0 Å². The van der Waals surface area contributed by atoms with Gasteiger partial charge in [-0.1, -0.05) is 68.4 Å². The number of ether oxygens (including phenoxy) is 5. The van der Waals surface area contributed by atoms with Gasteiger partial charge >= 0.3 is 18.2 Å². The first-order chi connectivity index (χ1) is 26.5. The molecule has 0 aromatic heterocycles. The van der Waals surface area contributed by atoms with Crippen LogP contribution in [0.5, 0.6) is 0 Å². The number of nitrogens with one attached hydrogen (secondary N) is 3. The molecule has 2 saturated heterocycles. The molecular formula is C42H54FN3O9. The van der Waals surface area contributed by atoms with E-state index in [1.54, 1.807) is 19.1 Å². The number of rotatable bonds is 16. The number of esters is 1. The van der Waals surface area contributed by atoms with Crippen molar-refractivity contribution in [1.29, 1.82) is 0 Å². The van der Waals surface area contributed by atoms with Crippen LogP contribution >= 0.6 is 0 Å². The fourth-order valence-corrected chi connectivity index (χ4v) is 7.24. The average molecular weight is 764 g/mol. The maximum atomic E-state index is 13.3. The molecule has 3 aromatic rings. The van der Waals surface area contributed by atoms with Crippen LogP contribution < -0.4 is 16.0 Å². The van der Waals surface area contributed by atoms with E-state index in [1.807, 2.05) is 56.3 Å². The Kier molecular flexibility index (Phi) is 15.2. The lowest BCUT2D eigenvalue weighted by atomic mass is 9.90. The minimum absolute atomic E-state index is 0.0000477. The van der Waals surface area contributed by atoms with Gasteiger partial charge in [-0.3, -0.25) is 4.79 Å². The van der Waals surface area contributed by atoms with E-state index in [2.05, 4.69) is 16.0 Å². The summed E-state index contributed by atoms with van der Waals surface area (Å²) in [6.45, 7) is 6.46. The molecule has 3 amide bonds. The first-order valence-corrected chi connectivity index (χ1v) is 19.4. The number of halogens is 1. The van der Waals surface area contributed by atoms with Gasteiger partial charge in [0.15, 0.2) is 5.79 Å². The van der Waals surface area contributed by atoms with Crippen LogP contribution in [0.4, 0.5) is 14.0 Å². The molecule has 3 aromatic carbocycles. The van der Waals surface area contributed by atoms with Gasteiger partial charge in [0.05, 0.1) is 18.8 Å². The molecule has 3 N–H and O–H groups in total. The van der Waals surface area contributed by atoms with E-state index in [4.69, 9.17) is 23.7 Å². The number of carbonyl (C=O) groups is 4.